The van der Waals surface area contributed by atoms with Gasteiger partial charge in [0.25, 0.3) is 11.7 Å². The molecule has 1 atom stereocenters. The normalized spacial score (nSPS) is 17.5. The largest absolute Gasteiger partial charge is 0.507 e. The van der Waals surface area contributed by atoms with Crippen molar-refractivity contribution < 1.29 is 28.2 Å². The third kappa shape index (κ3) is 4.46. The third-order valence-corrected chi connectivity index (χ3v) is 6.00. The van der Waals surface area contributed by atoms with E-state index in [1.807, 2.05) is 27.7 Å². The van der Waals surface area contributed by atoms with Gasteiger partial charge in [-0.15, -0.1) is 0 Å². The number of aliphatic hydroxyl groups excluding tert-OH is 1. The van der Waals surface area contributed by atoms with Gasteiger partial charge in [-0.25, -0.2) is 8.78 Å². The molecule has 1 amide bonds. The number of hydrogen-bond donors (Lipinski definition) is 1. The van der Waals surface area contributed by atoms with Gasteiger partial charge in [0.15, 0.2) is 0 Å². The van der Waals surface area contributed by atoms with Gasteiger partial charge in [-0.05, 0) is 60.4 Å². The van der Waals surface area contributed by atoms with Crippen LogP contribution in [-0.2, 0) is 15.0 Å². The van der Waals surface area contributed by atoms with Crippen LogP contribution in [0.1, 0.15) is 50.4 Å². The number of halogens is 2. The number of Topliss-reactive ketones (excluding diaryl/α,β-unsaturated/α-hetero) is 1. The Morgan fingerprint density at radius 1 is 1.06 bits per heavy atom. The summed E-state index contributed by atoms with van der Waals surface area (Å²) in [6.45, 7) is 8.28. The highest BCUT2D eigenvalue weighted by atomic mass is 19.1. The summed E-state index contributed by atoms with van der Waals surface area (Å²) in [6.07, 6.45) is 2.93. The minimum absolute atomic E-state index is 0.209. The van der Waals surface area contributed by atoms with Gasteiger partial charge in [0.05, 0.1) is 23.9 Å². The van der Waals surface area contributed by atoms with E-state index in [1.165, 1.54) is 12.4 Å². The summed E-state index contributed by atoms with van der Waals surface area (Å²) < 4.78 is 34.1. The molecule has 1 unspecified atom stereocenters. The zero-order chi connectivity index (χ0) is 26.2. The number of hydrogen-bond acceptors (Lipinski definition) is 5. The minimum atomic E-state index is -1.15. The first-order valence-electron chi connectivity index (χ1n) is 11.5. The maximum Gasteiger partial charge on any atom is 0.300 e. The van der Waals surface area contributed by atoms with E-state index >= 15 is 0 Å². The molecule has 0 bridgehead atoms. The number of amides is 1. The topological polar surface area (TPSA) is 79.7 Å². The van der Waals surface area contributed by atoms with Gasteiger partial charge in [-0.2, -0.15) is 0 Å². The third-order valence-electron chi connectivity index (χ3n) is 6.00. The van der Waals surface area contributed by atoms with E-state index in [0.29, 0.717) is 29.5 Å². The van der Waals surface area contributed by atoms with E-state index in [0.717, 1.165) is 22.6 Å². The monoisotopic (exact) mass is 492 g/mol. The highest BCUT2D eigenvalue weighted by Gasteiger charge is 2.47. The predicted molar refractivity (Wildman–Crippen MR) is 132 cm³/mol. The van der Waals surface area contributed by atoms with Crippen molar-refractivity contribution >= 4 is 23.1 Å². The average Bonchev–Trinajstić information content (AvgIpc) is 3.09. The molecule has 2 heterocycles. The van der Waals surface area contributed by atoms with Crippen LogP contribution in [0.4, 0.5) is 14.5 Å². The molecule has 8 heteroatoms. The molecule has 2 aromatic carbocycles. The number of nitrogens with zero attached hydrogens (tertiary/aromatic N) is 2. The van der Waals surface area contributed by atoms with Crippen molar-refractivity contribution in [2.45, 2.75) is 39.2 Å². The molecular weight excluding hydrogens is 466 g/mol. The second-order valence-corrected chi connectivity index (χ2v) is 9.44. The lowest BCUT2D eigenvalue weighted by Crippen LogP contribution is -2.30. The molecule has 0 radical (unpaired) electrons. The summed E-state index contributed by atoms with van der Waals surface area (Å²) >= 11 is 0. The zero-order valence-electron chi connectivity index (χ0n) is 20.4. The van der Waals surface area contributed by atoms with Gasteiger partial charge in [-0.3, -0.25) is 19.5 Å². The molecule has 36 heavy (non-hydrogen) atoms. The SMILES string of the molecule is CCOc1ccc(/C(O)=C2/C(=O)C(=O)N(c3ccc(F)cc3F)C2c2ccncc2)cc1C(C)(C)C. The summed E-state index contributed by atoms with van der Waals surface area (Å²) in [5, 5.41) is 11.4. The molecule has 1 saturated heterocycles. The van der Waals surface area contributed by atoms with Crippen LogP contribution in [0, 0.1) is 11.6 Å². The first-order chi connectivity index (χ1) is 17.0. The number of aromatic nitrogens is 1. The Morgan fingerprint density at radius 3 is 2.36 bits per heavy atom. The van der Waals surface area contributed by atoms with E-state index in [-0.39, 0.29) is 16.7 Å². The summed E-state index contributed by atoms with van der Waals surface area (Å²) in [6, 6.07) is 9.74. The van der Waals surface area contributed by atoms with Crippen LogP contribution in [0.25, 0.3) is 5.76 Å². The van der Waals surface area contributed by atoms with E-state index in [2.05, 4.69) is 4.98 Å². The van der Waals surface area contributed by atoms with Crippen molar-refractivity contribution in [2.24, 2.45) is 0 Å². The van der Waals surface area contributed by atoms with Crippen LogP contribution in [-0.4, -0.2) is 28.4 Å². The second kappa shape index (κ2) is 9.53. The zero-order valence-corrected chi connectivity index (χ0v) is 20.4. The fourth-order valence-electron chi connectivity index (χ4n) is 4.32. The maximum atomic E-state index is 14.8. The number of ether oxygens (including phenoxy) is 1. The Balaban J connectivity index is 1.95. The number of anilines is 1. The van der Waals surface area contributed by atoms with Gasteiger partial charge >= 0.3 is 0 Å². The summed E-state index contributed by atoms with van der Waals surface area (Å²) in [7, 11) is 0. The molecule has 1 aromatic heterocycles. The lowest BCUT2D eigenvalue weighted by molar-refractivity contribution is -0.132. The smallest absolute Gasteiger partial charge is 0.300 e. The molecule has 1 N–H and O–H groups in total. The first kappa shape index (κ1) is 25.0. The Labute approximate surface area is 207 Å². The van der Waals surface area contributed by atoms with Gasteiger partial charge in [0.1, 0.15) is 23.1 Å². The molecule has 1 aliphatic heterocycles. The molecule has 6 nitrogen and oxygen atoms in total. The van der Waals surface area contributed by atoms with Crippen LogP contribution in [0.3, 0.4) is 0 Å². The van der Waals surface area contributed by atoms with E-state index in [9.17, 15) is 23.5 Å². The summed E-state index contributed by atoms with van der Waals surface area (Å²) in [4.78, 5) is 31.4. The average molecular weight is 493 g/mol. The summed E-state index contributed by atoms with van der Waals surface area (Å²) in [5.74, 6) is -3.62. The molecular formula is C28H26F2N2O4. The van der Waals surface area contributed by atoms with Crippen molar-refractivity contribution in [3.63, 3.8) is 0 Å². The quantitative estimate of drug-likeness (QED) is 0.282. The highest BCUT2D eigenvalue weighted by Crippen LogP contribution is 2.43. The van der Waals surface area contributed by atoms with E-state index < -0.39 is 35.1 Å². The Hall–Kier alpha value is -4.07. The minimum Gasteiger partial charge on any atom is -0.507 e. The predicted octanol–water partition coefficient (Wildman–Crippen LogP) is 5.68. The van der Waals surface area contributed by atoms with Crippen molar-refractivity contribution in [3.05, 3.63) is 94.8 Å². The number of benzene rings is 2. The number of carbonyl (C=O) groups is 2. The van der Waals surface area contributed by atoms with Crippen LogP contribution in [0.15, 0.2) is 66.5 Å². The second-order valence-electron chi connectivity index (χ2n) is 9.44. The van der Waals surface area contributed by atoms with Gasteiger partial charge in [-0.1, -0.05) is 20.8 Å². The van der Waals surface area contributed by atoms with Crippen LogP contribution in [0.5, 0.6) is 5.75 Å². The molecule has 1 fully saturated rings. The lowest BCUT2D eigenvalue weighted by Gasteiger charge is -2.26. The molecule has 1 aliphatic rings. The summed E-state index contributed by atoms with van der Waals surface area (Å²) in [5.41, 5.74) is 0.693. The molecule has 0 aliphatic carbocycles. The van der Waals surface area contributed by atoms with E-state index in [4.69, 9.17) is 4.74 Å². The van der Waals surface area contributed by atoms with Gasteiger partial charge in [0.2, 0.25) is 0 Å². The molecule has 4 rings (SSSR count). The Morgan fingerprint density at radius 2 is 1.75 bits per heavy atom. The van der Waals surface area contributed by atoms with Crippen LogP contribution in [0.2, 0.25) is 0 Å². The Bertz CT molecular complexity index is 1360. The molecule has 3 aromatic rings. The number of aliphatic hydroxyl groups is 1. The standard InChI is InChI=1S/C28H26F2N2O4/c1-5-36-22-9-6-17(14-19(22)28(2,3)4)25(33)23-24(16-10-12-31-13-11-16)32(27(35)26(23)34)21-8-7-18(29)15-20(21)30/h6-15,24,33H,5H2,1-4H3/b25-23-. The fraction of sp³-hybridized carbons (Fsp3) is 0.250. The number of rotatable bonds is 5. The molecule has 186 valence electrons. The van der Waals surface area contributed by atoms with Crippen LogP contribution < -0.4 is 9.64 Å². The van der Waals surface area contributed by atoms with Gasteiger partial charge < -0.3 is 9.84 Å². The highest BCUT2D eigenvalue weighted by molar-refractivity contribution is 6.51. The van der Waals surface area contributed by atoms with Crippen molar-refractivity contribution in [2.75, 3.05) is 11.5 Å². The number of ketones is 1. The number of carbonyl (C=O) groups excluding carboxylic acids is 2. The molecule has 0 spiro atoms. The first-order valence-corrected chi connectivity index (χ1v) is 11.5. The van der Waals surface area contributed by atoms with Crippen molar-refractivity contribution in [1.82, 2.24) is 4.98 Å². The maximum absolute atomic E-state index is 14.8. The Kier molecular flexibility index (Phi) is 6.63. The van der Waals surface area contributed by atoms with E-state index in [1.54, 1.807) is 30.3 Å². The van der Waals surface area contributed by atoms with Crippen molar-refractivity contribution in [3.8, 4) is 5.75 Å². The molecule has 0 saturated carbocycles. The fourth-order valence-corrected chi connectivity index (χ4v) is 4.32. The van der Waals surface area contributed by atoms with Gasteiger partial charge in [0, 0.05) is 29.6 Å². The lowest BCUT2D eigenvalue weighted by atomic mass is 9.84. The van der Waals surface area contributed by atoms with Crippen LogP contribution >= 0.6 is 0 Å². The van der Waals surface area contributed by atoms with Crippen molar-refractivity contribution in [1.29, 1.82) is 0 Å². The number of pyridine rings is 1.